The number of nitrogens with zero attached hydrogens (tertiary/aromatic N) is 1. The summed E-state index contributed by atoms with van der Waals surface area (Å²) in [6.07, 6.45) is -4.46. The van der Waals surface area contributed by atoms with Gasteiger partial charge in [0, 0.05) is 27.8 Å². The third-order valence-electron chi connectivity index (χ3n) is 8.21. The Morgan fingerprint density at radius 1 is 0.600 bits per heavy atom. The van der Waals surface area contributed by atoms with Gasteiger partial charge in [0.25, 0.3) is 23.6 Å². The second kappa shape index (κ2) is 26.3. The van der Waals surface area contributed by atoms with Gasteiger partial charge in [-0.3, -0.25) is 28.8 Å². The average molecular weight is 1520 g/mol. The number of hydrogen-bond donors (Lipinski definition) is 13. The van der Waals surface area contributed by atoms with E-state index in [9.17, 15) is 69.6 Å². The molecule has 0 aromatic heterocycles. The van der Waals surface area contributed by atoms with Gasteiger partial charge in [0.1, 0.15) is 6.61 Å². The van der Waals surface area contributed by atoms with Crippen LogP contribution in [0.4, 0.5) is 11.4 Å². The summed E-state index contributed by atoms with van der Waals surface area (Å²) in [6.45, 7) is -5.30. The zero-order valence-electron chi connectivity index (χ0n) is 31.2. The molecule has 27 heteroatoms. The minimum Gasteiger partial charge on any atom is -0.394 e. The highest BCUT2D eigenvalue weighted by Crippen LogP contribution is 2.39. The van der Waals surface area contributed by atoms with Crippen LogP contribution in [0.2, 0.25) is 0 Å². The Kier molecular flexibility index (Phi) is 24.3. The largest absolute Gasteiger partial charge is 0.394 e. The standard InChI is InChI=1S/C33H40I6N6O15/c1-45(17(55)4-41-31(57)19-22(34)18(30(56)40-3-11(51)5-46)24(36)28(25(19)37)44-16(54)10-60-2)29-26(38)20(32(58)42-12(6-47)14(52)8-49)23(35)21(27(29)39)33(59)43-13(7-48)15(53)9-50/h11-15,46-53H,3-10H2,1-2H3,(H,40,56)(H,41,57)(H,42,58)(H,43,59)(H,44,54). The summed E-state index contributed by atoms with van der Waals surface area (Å²) in [5.74, 6) is -4.91. The molecule has 0 aliphatic heterocycles. The Morgan fingerprint density at radius 2 is 1.02 bits per heavy atom. The lowest BCUT2D eigenvalue weighted by Crippen LogP contribution is -2.49. The number of methoxy groups -OCH3 is 1. The number of halogens is 6. The fourth-order valence-electron chi connectivity index (χ4n) is 4.94. The predicted octanol–water partition coefficient (Wildman–Crippen LogP) is -1.74. The van der Waals surface area contributed by atoms with Crippen molar-refractivity contribution in [1.29, 1.82) is 0 Å². The number of amides is 6. The number of likely N-dealkylation sites (N-methyl/N-ethyl adjacent to an activating group) is 1. The Labute approximate surface area is 424 Å². The van der Waals surface area contributed by atoms with E-state index < -0.39 is 105 Å². The highest BCUT2D eigenvalue weighted by molar-refractivity contribution is 14.1. The van der Waals surface area contributed by atoms with Gasteiger partial charge in [-0.15, -0.1) is 0 Å². The van der Waals surface area contributed by atoms with Crippen LogP contribution in [0.3, 0.4) is 0 Å². The van der Waals surface area contributed by atoms with Crippen molar-refractivity contribution in [2.45, 2.75) is 30.4 Å². The Morgan fingerprint density at radius 3 is 1.40 bits per heavy atom. The molecule has 334 valence electrons. The monoisotopic (exact) mass is 1520 g/mol. The number of aliphatic hydroxyl groups excluding tert-OH is 8. The molecule has 60 heavy (non-hydrogen) atoms. The molecule has 0 radical (unpaired) electrons. The van der Waals surface area contributed by atoms with E-state index in [-0.39, 0.29) is 68.2 Å². The van der Waals surface area contributed by atoms with Crippen LogP contribution in [0.15, 0.2) is 0 Å². The first kappa shape index (κ1) is 55.4. The van der Waals surface area contributed by atoms with Gasteiger partial charge in [-0.25, -0.2) is 0 Å². The van der Waals surface area contributed by atoms with Crippen molar-refractivity contribution in [1.82, 2.24) is 21.3 Å². The minimum atomic E-state index is -1.58. The highest BCUT2D eigenvalue weighted by Gasteiger charge is 2.34. The second-order valence-corrected chi connectivity index (χ2v) is 18.8. The molecule has 6 amide bonds. The van der Waals surface area contributed by atoms with E-state index in [0.29, 0.717) is 0 Å². The SMILES string of the molecule is COCC(=O)Nc1c(I)c(C(=O)NCC(=O)N(C)c2c(I)c(C(=O)NC(CO)C(O)CO)c(I)c(C(=O)NC(CO)C(O)CO)c2I)c(I)c(C(=O)NCC(O)CO)c1I. The van der Waals surface area contributed by atoms with Crippen molar-refractivity contribution in [3.05, 3.63) is 43.7 Å². The molecular formula is C33H40I6N6O15. The summed E-state index contributed by atoms with van der Waals surface area (Å²) in [5, 5.41) is 90.2. The minimum absolute atomic E-state index is 0.00150. The molecular weight excluding hydrogens is 1480 g/mol. The van der Waals surface area contributed by atoms with E-state index >= 15 is 0 Å². The van der Waals surface area contributed by atoms with E-state index in [1.807, 2.05) is 22.6 Å². The summed E-state index contributed by atoms with van der Waals surface area (Å²) >= 11 is 10.6. The zero-order chi connectivity index (χ0) is 45.8. The van der Waals surface area contributed by atoms with Gasteiger partial charge in [0.2, 0.25) is 11.8 Å². The molecule has 0 aliphatic carbocycles. The maximum Gasteiger partial charge on any atom is 0.253 e. The maximum absolute atomic E-state index is 13.9. The zero-order valence-corrected chi connectivity index (χ0v) is 44.1. The Balaban J connectivity index is 2.71. The van der Waals surface area contributed by atoms with Gasteiger partial charge in [-0.05, 0) is 136 Å². The van der Waals surface area contributed by atoms with Gasteiger partial charge in [-0.2, -0.15) is 0 Å². The van der Waals surface area contributed by atoms with E-state index in [4.69, 9.17) is 4.74 Å². The number of ether oxygens (including phenoxy) is 1. The average Bonchev–Trinajstić information content (AvgIpc) is 3.20. The van der Waals surface area contributed by atoms with Crippen LogP contribution >= 0.6 is 136 Å². The van der Waals surface area contributed by atoms with Crippen molar-refractivity contribution in [2.75, 3.05) is 77.1 Å². The first-order chi connectivity index (χ1) is 28.2. The fraction of sp³-hybridized carbons (Fsp3) is 0.455. The smallest absolute Gasteiger partial charge is 0.253 e. The van der Waals surface area contributed by atoms with E-state index in [2.05, 4.69) is 26.6 Å². The van der Waals surface area contributed by atoms with Crippen molar-refractivity contribution >= 4 is 182 Å². The number of anilines is 2. The van der Waals surface area contributed by atoms with Gasteiger partial charge in [0.05, 0.1) is 118 Å². The van der Waals surface area contributed by atoms with Crippen LogP contribution in [-0.4, -0.2) is 174 Å². The quantitative estimate of drug-likeness (QED) is 0.0618. The molecule has 13 N–H and O–H groups in total. The lowest BCUT2D eigenvalue weighted by Gasteiger charge is -2.27. The second-order valence-electron chi connectivity index (χ2n) is 12.3. The number of rotatable bonds is 21. The molecule has 2 aromatic carbocycles. The number of carbonyl (C=O) groups is 6. The predicted molar refractivity (Wildman–Crippen MR) is 264 cm³/mol. The van der Waals surface area contributed by atoms with Gasteiger partial charge >= 0.3 is 0 Å². The molecule has 0 saturated carbocycles. The van der Waals surface area contributed by atoms with E-state index in [0.717, 1.165) is 4.90 Å². The number of aliphatic hydroxyl groups is 8. The summed E-state index contributed by atoms with van der Waals surface area (Å²) in [5.41, 5.74) is -0.553. The number of carbonyl (C=O) groups excluding carboxylic acids is 6. The normalized spacial score (nSPS) is 13.7. The molecule has 5 unspecified atom stereocenters. The number of nitrogens with one attached hydrogen (secondary N) is 5. The lowest BCUT2D eigenvalue weighted by molar-refractivity contribution is -0.119. The molecule has 2 aromatic rings. The van der Waals surface area contributed by atoms with Gasteiger partial charge < -0.3 is 77.1 Å². The van der Waals surface area contributed by atoms with Crippen LogP contribution in [0.25, 0.3) is 0 Å². The molecule has 2 rings (SSSR count). The van der Waals surface area contributed by atoms with Crippen molar-refractivity contribution in [3.63, 3.8) is 0 Å². The molecule has 0 fully saturated rings. The third kappa shape index (κ3) is 13.9. The summed E-state index contributed by atoms with van der Waals surface area (Å²) in [4.78, 5) is 82.4. The van der Waals surface area contributed by atoms with Crippen molar-refractivity contribution in [3.8, 4) is 0 Å². The Hall–Kier alpha value is -0.720. The maximum atomic E-state index is 13.9. The van der Waals surface area contributed by atoms with Gasteiger partial charge in [0.15, 0.2) is 0 Å². The van der Waals surface area contributed by atoms with Crippen molar-refractivity contribution in [2.24, 2.45) is 0 Å². The molecule has 0 heterocycles. The first-order valence-corrected chi connectivity index (χ1v) is 23.4. The van der Waals surface area contributed by atoms with E-state index in [1.54, 1.807) is 113 Å². The summed E-state index contributed by atoms with van der Waals surface area (Å²) < 4.78 is 5.58. The Bertz CT molecular complexity index is 1890. The van der Waals surface area contributed by atoms with Crippen LogP contribution in [0.5, 0.6) is 0 Å². The molecule has 21 nitrogen and oxygen atoms in total. The lowest BCUT2D eigenvalue weighted by atomic mass is 10.0. The molecule has 0 saturated heterocycles. The fourth-order valence-corrected chi connectivity index (χ4v) is 14.2. The number of hydrogen-bond acceptors (Lipinski definition) is 15. The third-order valence-corrected chi connectivity index (χ3v) is 14.6. The topological polar surface area (TPSA) is 337 Å². The summed E-state index contributed by atoms with van der Waals surface area (Å²) in [6, 6.07) is -2.72. The summed E-state index contributed by atoms with van der Waals surface area (Å²) in [7, 11) is 2.58. The highest BCUT2D eigenvalue weighted by atomic mass is 127. The molecule has 5 atom stereocenters. The molecule has 0 aliphatic rings. The van der Waals surface area contributed by atoms with Gasteiger partial charge in [-0.1, -0.05) is 0 Å². The van der Waals surface area contributed by atoms with Crippen LogP contribution in [0, 0.1) is 21.4 Å². The first-order valence-electron chi connectivity index (χ1n) is 16.9. The molecule has 0 bridgehead atoms. The van der Waals surface area contributed by atoms with Crippen LogP contribution < -0.4 is 31.5 Å². The van der Waals surface area contributed by atoms with Crippen LogP contribution in [0.1, 0.15) is 41.4 Å². The van der Waals surface area contributed by atoms with Crippen molar-refractivity contribution < 1.29 is 74.4 Å². The number of benzene rings is 2. The molecule has 0 spiro atoms. The van der Waals surface area contributed by atoms with Crippen LogP contribution in [-0.2, 0) is 14.3 Å². The van der Waals surface area contributed by atoms with E-state index in [1.165, 1.54) is 14.2 Å².